The van der Waals surface area contributed by atoms with Crippen LogP contribution in [0.4, 0.5) is 18.9 Å². The molecule has 0 aliphatic carbocycles. The lowest BCUT2D eigenvalue weighted by Gasteiger charge is -2.55. The number of nitrogens with one attached hydrogen (secondary N) is 1. The quantitative estimate of drug-likeness (QED) is 0.206. The number of carbonyl (C=O) groups excluding carboxylic acids is 4. The Morgan fingerprint density at radius 3 is 2.10 bits per heavy atom. The summed E-state index contributed by atoms with van der Waals surface area (Å²) in [4.78, 5) is 67.9. The first-order valence-corrected chi connectivity index (χ1v) is 20.1. The van der Waals surface area contributed by atoms with E-state index in [1.807, 2.05) is 29.8 Å². The number of carbonyl (C=O) groups is 4. The molecule has 7 heterocycles. The third-order valence-corrected chi connectivity index (χ3v) is 12.6. The van der Waals surface area contributed by atoms with Gasteiger partial charge in [0.15, 0.2) is 5.65 Å². The van der Waals surface area contributed by atoms with Crippen molar-refractivity contribution in [3.63, 3.8) is 0 Å². The van der Waals surface area contributed by atoms with Crippen LogP contribution in [0.1, 0.15) is 63.7 Å². The molecule has 0 bridgehead atoms. The van der Waals surface area contributed by atoms with Crippen LogP contribution in [0.25, 0.3) is 22.3 Å². The van der Waals surface area contributed by atoms with Crippen molar-refractivity contribution in [3.8, 4) is 22.8 Å². The van der Waals surface area contributed by atoms with Crippen molar-refractivity contribution < 1.29 is 37.1 Å². The lowest BCUT2D eigenvalue weighted by molar-refractivity contribution is -0.138. The minimum atomic E-state index is -4.41. The Morgan fingerprint density at radius 1 is 0.750 bits per heavy atom. The minimum Gasteiger partial charge on any atom is -0.457 e. The van der Waals surface area contributed by atoms with Crippen LogP contribution in [0.2, 0.25) is 0 Å². The van der Waals surface area contributed by atoms with Crippen LogP contribution < -0.4 is 15.0 Å². The molecule has 0 saturated carbocycles. The fourth-order valence-electron chi connectivity index (χ4n) is 9.17. The predicted octanol–water partition coefficient (Wildman–Crippen LogP) is 5.22. The smallest absolute Gasteiger partial charge is 0.416 e. The average molecular weight is 820 g/mol. The van der Waals surface area contributed by atoms with Crippen LogP contribution in [-0.2, 0) is 15.8 Å². The summed E-state index contributed by atoms with van der Waals surface area (Å²) in [6.07, 6.45) is -0.787. The molecule has 60 heavy (non-hydrogen) atoms. The molecule has 4 fully saturated rings. The highest BCUT2D eigenvalue weighted by Gasteiger charge is 2.46. The molecule has 5 aromatic rings. The van der Waals surface area contributed by atoms with Crippen LogP contribution in [0.15, 0.2) is 73.1 Å². The van der Waals surface area contributed by atoms with E-state index in [4.69, 9.17) is 9.84 Å². The number of nitrogens with zero attached hydrogens (tertiary/aromatic N) is 8. The molecule has 4 saturated heterocycles. The van der Waals surface area contributed by atoms with E-state index in [1.165, 1.54) is 12.1 Å². The van der Waals surface area contributed by atoms with E-state index in [0.717, 1.165) is 103 Å². The molecule has 14 nitrogen and oxygen atoms in total. The monoisotopic (exact) mass is 819 g/mol. The molecule has 4 amide bonds. The Hall–Kier alpha value is -6.20. The predicted molar refractivity (Wildman–Crippen MR) is 211 cm³/mol. The number of benzene rings is 3. The number of piperidine rings is 2. The number of ether oxygens (including phenoxy) is 1. The van der Waals surface area contributed by atoms with Gasteiger partial charge in [0.05, 0.1) is 33.8 Å². The normalized spacial score (nSPS) is 21.0. The Kier molecular flexibility index (Phi) is 9.20. The number of likely N-dealkylation sites (tertiary alicyclic amines) is 2. The molecular weight excluding hydrogens is 780 g/mol. The van der Waals surface area contributed by atoms with Crippen molar-refractivity contribution in [2.24, 2.45) is 0 Å². The Balaban J connectivity index is 0.734. The fraction of sp³-hybridized carbons (Fsp3) is 0.372. The van der Waals surface area contributed by atoms with E-state index in [-0.39, 0.29) is 24.4 Å². The third kappa shape index (κ3) is 6.65. The zero-order valence-electron chi connectivity index (χ0n) is 32.6. The number of amides is 4. The number of imide groups is 2. The number of fused-ring (bicyclic) bond motifs is 2. The minimum absolute atomic E-state index is 0.0811. The van der Waals surface area contributed by atoms with Gasteiger partial charge in [0.2, 0.25) is 11.8 Å². The summed E-state index contributed by atoms with van der Waals surface area (Å²) >= 11 is 0. The molecule has 2 aromatic heterocycles. The average Bonchev–Trinajstić information content (AvgIpc) is 3.71. The summed E-state index contributed by atoms with van der Waals surface area (Å²) in [5.74, 6) is -1.22. The number of alkyl halides is 3. The van der Waals surface area contributed by atoms with E-state index < -0.39 is 41.4 Å². The number of anilines is 1. The molecule has 1 atom stereocenters. The van der Waals surface area contributed by atoms with E-state index in [9.17, 15) is 32.3 Å². The van der Waals surface area contributed by atoms with Crippen LogP contribution >= 0.6 is 0 Å². The standard InChI is InChI=1S/C43H40F3N9O5/c1-24-37-38(25-2-7-31(8-3-25)60-32-9-4-26(5-10-32)43(44,45)46)50-55(39(37)48-23-47-24)27-14-16-51(17-15-27)29-19-53(20-29)30-21-52(22-30)28-6-11-33-34(18-28)42(59)54(41(33)58)35-12-13-36(56)49-40(35)57/h2-11,18,23,27,29-30,35H,12-17,19-22H2,1H3,(H,49,56,57). The van der Waals surface area contributed by atoms with Gasteiger partial charge in [0, 0.05) is 69.0 Å². The van der Waals surface area contributed by atoms with Gasteiger partial charge in [-0.3, -0.25) is 39.2 Å². The summed E-state index contributed by atoms with van der Waals surface area (Å²) in [6, 6.07) is 17.2. The molecular formula is C43H40F3N9O5. The van der Waals surface area contributed by atoms with Gasteiger partial charge in [-0.2, -0.15) is 18.3 Å². The van der Waals surface area contributed by atoms with Gasteiger partial charge in [0.25, 0.3) is 11.8 Å². The third-order valence-electron chi connectivity index (χ3n) is 12.6. The van der Waals surface area contributed by atoms with Crippen LogP contribution in [0, 0.1) is 6.92 Å². The molecule has 0 radical (unpaired) electrons. The van der Waals surface area contributed by atoms with Crippen molar-refractivity contribution >= 4 is 40.3 Å². The van der Waals surface area contributed by atoms with E-state index in [0.29, 0.717) is 29.1 Å². The highest BCUT2D eigenvalue weighted by atomic mass is 19.4. The molecule has 3 aromatic carbocycles. The topological polar surface area (TPSA) is 146 Å². The first-order valence-electron chi connectivity index (χ1n) is 20.1. The summed E-state index contributed by atoms with van der Waals surface area (Å²) in [5.41, 5.74) is 3.95. The second kappa shape index (κ2) is 14.5. The summed E-state index contributed by atoms with van der Waals surface area (Å²) in [5, 5.41) is 8.23. The zero-order valence-corrected chi connectivity index (χ0v) is 32.6. The molecule has 308 valence electrons. The summed E-state index contributed by atoms with van der Waals surface area (Å²) in [7, 11) is 0. The largest absolute Gasteiger partial charge is 0.457 e. The Bertz CT molecular complexity index is 2540. The van der Waals surface area contributed by atoms with Gasteiger partial charge >= 0.3 is 6.18 Å². The maximum Gasteiger partial charge on any atom is 0.416 e. The second-order valence-electron chi connectivity index (χ2n) is 16.2. The first-order chi connectivity index (χ1) is 28.9. The van der Waals surface area contributed by atoms with Gasteiger partial charge in [-0.15, -0.1) is 0 Å². The number of halogens is 3. The Morgan fingerprint density at radius 2 is 1.42 bits per heavy atom. The maximum atomic E-state index is 13.3. The summed E-state index contributed by atoms with van der Waals surface area (Å²) in [6.45, 7) is 7.43. The lowest BCUT2D eigenvalue weighted by Crippen LogP contribution is -2.70. The number of aromatic nitrogens is 4. The fourth-order valence-corrected chi connectivity index (χ4v) is 9.17. The van der Waals surface area contributed by atoms with Gasteiger partial charge in [0.1, 0.15) is 29.6 Å². The van der Waals surface area contributed by atoms with Gasteiger partial charge in [-0.1, -0.05) is 0 Å². The molecule has 10 rings (SSSR count). The summed E-state index contributed by atoms with van der Waals surface area (Å²) < 4.78 is 46.8. The first kappa shape index (κ1) is 38.0. The molecule has 1 N–H and O–H groups in total. The number of hydrogen-bond donors (Lipinski definition) is 1. The maximum absolute atomic E-state index is 13.3. The van der Waals surface area contributed by atoms with Crippen molar-refractivity contribution in [2.75, 3.05) is 44.2 Å². The molecule has 5 aliphatic heterocycles. The van der Waals surface area contributed by atoms with E-state index in [1.54, 1.807) is 30.6 Å². The van der Waals surface area contributed by atoms with Gasteiger partial charge < -0.3 is 9.64 Å². The van der Waals surface area contributed by atoms with Crippen molar-refractivity contribution in [3.05, 3.63) is 95.4 Å². The van der Waals surface area contributed by atoms with Crippen LogP contribution in [-0.4, -0.2) is 115 Å². The molecule has 0 spiro atoms. The van der Waals surface area contributed by atoms with E-state index >= 15 is 0 Å². The van der Waals surface area contributed by atoms with Crippen molar-refractivity contribution in [1.82, 2.24) is 39.8 Å². The Labute approximate surface area is 341 Å². The molecule has 1 unspecified atom stereocenters. The van der Waals surface area contributed by atoms with Gasteiger partial charge in [-0.05, 0) is 92.9 Å². The number of aryl methyl sites for hydroxylation is 1. The van der Waals surface area contributed by atoms with Crippen LogP contribution in [0.3, 0.4) is 0 Å². The second-order valence-corrected chi connectivity index (χ2v) is 16.2. The van der Waals surface area contributed by atoms with Gasteiger partial charge in [-0.25, -0.2) is 14.6 Å². The SMILES string of the molecule is Cc1ncnc2c1c(-c1ccc(Oc3ccc(C(F)(F)F)cc3)cc1)nn2C1CCN(C2CN(C3CN(c4ccc5c(c4)C(=O)N(C4CCC(=O)NC4=O)C5=O)C3)C2)CC1. The molecule has 17 heteroatoms. The highest BCUT2D eigenvalue weighted by molar-refractivity contribution is 6.23. The highest BCUT2D eigenvalue weighted by Crippen LogP contribution is 2.38. The molecule has 5 aliphatic rings. The number of hydrogen-bond acceptors (Lipinski definition) is 11. The van der Waals surface area contributed by atoms with Crippen LogP contribution in [0.5, 0.6) is 11.5 Å². The lowest BCUT2D eigenvalue weighted by atomic mass is 9.95. The van der Waals surface area contributed by atoms with Crippen molar-refractivity contribution in [2.45, 2.75) is 63.0 Å². The van der Waals surface area contributed by atoms with E-state index in [2.05, 4.69) is 30.0 Å². The van der Waals surface area contributed by atoms with Crippen molar-refractivity contribution in [1.29, 1.82) is 0 Å². The number of rotatable bonds is 8. The zero-order chi connectivity index (χ0) is 41.4.